The Bertz CT molecular complexity index is 353. The number of nitrogens with one attached hydrogen (secondary N) is 2. The van der Waals surface area contributed by atoms with Crippen molar-refractivity contribution in [3.05, 3.63) is 0 Å². The molecule has 122 valence electrons. The van der Waals surface area contributed by atoms with E-state index in [0.717, 1.165) is 5.92 Å². The summed E-state index contributed by atoms with van der Waals surface area (Å²) >= 11 is 0. The minimum atomic E-state index is -0.851. The third-order valence-electron chi connectivity index (χ3n) is 4.99. The van der Waals surface area contributed by atoms with Crippen LogP contribution < -0.4 is 10.6 Å². The van der Waals surface area contributed by atoms with Crippen LogP contribution in [-0.4, -0.2) is 30.2 Å². The minimum Gasteiger partial charge on any atom is -0.481 e. The van der Waals surface area contributed by atoms with E-state index >= 15 is 0 Å². The lowest BCUT2D eigenvalue weighted by Gasteiger charge is -2.28. The van der Waals surface area contributed by atoms with Crippen LogP contribution in [0.1, 0.15) is 59.3 Å². The number of rotatable bonds is 7. The van der Waals surface area contributed by atoms with Crippen molar-refractivity contribution in [3.63, 3.8) is 0 Å². The molecule has 0 aromatic heterocycles. The first-order valence-electron chi connectivity index (χ1n) is 8.18. The molecule has 0 bridgehead atoms. The first-order valence-corrected chi connectivity index (χ1v) is 8.18. The lowest BCUT2D eigenvalue weighted by molar-refractivity contribution is -0.149. The summed E-state index contributed by atoms with van der Waals surface area (Å²) in [6.07, 6.45) is 5.90. The van der Waals surface area contributed by atoms with Gasteiger partial charge in [0.1, 0.15) is 0 Å². The number of aliphatic carboxylic acids is 1. The summed E-state index contributed by atoms with van der Waals surface area (Å²) in [4.78, 5) is 23.2. The largest absolute Gasteiger partial charge is 0.481 e. The van der Waals surface area contributed by atoms with Crippen LogP contribution in [0.4, 0.5) is 4.79 Å². The van der Waals surface area contributed by atoms with E-state index in [2.05, 4.69) is 17.6 Å². The van der Waals surface area contributed by atoms with Crippen molar-refractivity contribution in [1.29, 1.82) is 0 Å². The van der Waals surface area contributed by atoms with Crippen molar-refractivity contribution in [2.24, 2.45) is 17.3 Å². The van der Waals surface area contributed by atoms with Crippen LogP contribution in [0, 0.1) is 17.3 Å². The summed E-state index contributed by atoms with van der Waals surface area (Å²) in [5.41, 5.74) is -0.851. The van der Waals surface area contributed by atoms with E-state index in [1.807, 2.05) is 13.8 Å². The molecule has 2 atom stereocenters. The number of carboxylic acids is 1. The smallest absolute Gasteiger partial charge is 0.314 e. The molecule has 1 saturated carbocycles. The Morgan fingerprint density at radius 3 is 2.38 bits per heavy atom. The van der Waals surface area contributed by atoms with Crippen LogP contribution in [0.3, 0.4) is 0 Å². The Morgan fingerprint density at radius 1 is 1.19 bits per heavy atom. The highest BCUT2D eigenvalue weighted by Gasteiger charge is 2.35. The highest BCUT2D eigenvalue weighted by atomic mass is 16.4. The van der Waals surface area contributed by atoms with Crippen molar-refractivity contribution in [1.82, 2.24) is 10.6 Å². The van der Waals surface area contributed by atoms with E-state index in [1.54, 1.807) is 0 Å². The highest BCUT2D eigenvalue weighted by molar-refractivity contribution is 5.78. The molecule has 0 spiro atoms. The summed E-state index contributed by atoms with van der Waals surface area (Å²) < 4.78 is 0. The van der Waals surface area contributed by atoms with E-state index in [1.165, 1.54) is 25.7 Å². The molecule has 1 aliphatic carbocycles. The summed E-state index contributed by atoms with van der Waals surface area (Å²) in [5.74, 6) is 0.462. The molecule has 0 saturated heterocycles. The van der Waals surface area contributed by atoms with Crippen LogP contribution in [0.15, 0.2) is 0 Å². The normalized spacial score (nSPS) is 22.6. The van der Waals surface area contributed by atoms with Crippen molar-refractivity contribution < 1.29 is 14.7 Å². The second kappa shape index (κ2) is 8.25. The minimum absolute atomic E-state index is 0.183. The van der Waals surface area contributed by atoms with Crippen LogP contribution >= 0.6 is 0 Å². The molecule has 0 aromatic rings. The zero-order chi connectivity index (χ0) is 15.9. The molecule has 1 fully saturated rings. The van der Waals surface area contributed by atoms with Crippen LogP contribution in [0.25, 0.3) is 0 Å². The zero-order valence-corrected chi connectivity index (χ0v) is 13.6. The van der Waals surface area contributed by atoms with Crippen LogP contribution in [-0.2, 0) is 4.79 Å². The van der Waals surface area contributed by atoms with Gasteiger partial charge in [0.15, 0.2) is 0 Å². The molecule has 2 unspecified atom stereocenters. The number of carbonyl (C=O) groups excluding carboxylic acids is 1. The average molecular weight is 298 g/mol. The number of urea groups is 1. The highest BCUT2D eigenvalue weighted by Crippen LogP contribution is 2.28. The lowest BCUT2D eigenvalue weighted by atomic mass is 9.82. The van der Waals surface area contributed by atoms with Gasteiger partial charge in [0, 0.05) is 13.1 Å². The summed E-state index contributed by atoms with van der Waals surface area (Å²) in [6, 6.07) is -0.249. The van der Waals surface area contributed by atoms with Crippen molar-refractivity contribution in [2.75, 3.05) is 13.1 Å². The van der Waals surface area contributed by atoms with E-state index in [9.17, 15) is 14.7 Å². The fourth-order valence-corrected chi connectivity index (χ4v) is 3.17. The first kappa shape index (κ1) is 17.8. The van der Waals surface area contributed by atoms with E-state index < -0.39 is 11.4 Å². The monoisotopic (exact) mass is 298 g/mol. The van der Waals surface area contributed by atoms with E-state index in [-0.39, 0.29) is 12.6 Å². The molecule has 1 rings (SSSR count). The number of amides is 2. The molecule has 21 heavy (non-hydrogen) atoms. The maximum Gasteiger partial charge on any atom is 0.314 e. The van der Waals surface area contributed by atoms with Gasteiger partial charge >= 0.3 is 12.0 Å². The van der Waals surface area contributed by atoms with Gasteiger partial charge in [-0.15, -0.1) is 0 Å². The average Bonchev–Trinajstić information content (AvgIpc) is 2.46. The predicted molar refractivity (Wildman–Crippen MR) is 83.2 cm³/mol. The van der Waals surface area contributed by atoms with Gasteiger partial charge in [0.2, 0.25) is 0 Å². The van der Waals surface area contributed by atoms with Gasteiger partial charge in [-0.1, -0.05) is 33.6 Å². The Labute approximate surface area is 127 Å². The van der Waals surface area contributed by atoms with Gasteiger partial charge in [-0.05, 0) is 37.5 Å². The van der Waals surface area contributed by atoms with Gasteiger partial charge in [-0.3, -0.25) is 4.79 Å². The van der Waals surface area contributed by atoms with Gasteiger partial charge in [-0.25, -0.2) is 4.79 Å². The number of carbonyl (C=O) groups is 2. The van der Waals surface area contributed by atoms with Crippen molar-refractivity contribution in [2.45, 2.75) is 59.3 Å². The zero-order valence-electron chi connectivity index (χ0n) is 13.6. The molecule has 2 amide bonds. The number of hydrogen-bond acceptors (Lipinski definition) is 2. The van der Waals surface area contributed by atoms with Gasteiger partial charge < -0.3 is 15.7 Å². The van der Waals surface area contributed by atoms with Crippen molar-refractivity contribution in [3.8, 4) is 0 Å². The number of carboxylic acid groups (broad SMARTS) is 1. The molecular weight excluding hydrogens is 268 g/mol. The maximum atomic E-state index is 11.9. The lowest BCUT2D eigenvalue weighted by Crippen LogP contribution is -2.46. The fourth-order valence-electron chi connectivity index (χ4n) is 3.17. The Kier molecular flexibility index (Phi) is 6.99. The van der Waals surface area contributed by atoms with Crippen LogP contribution in [0.5, 0.6) is 0 Å². The summed E-state index contributed by atoms with van der Waals surface area (Å²) in [6.45, 7) is 6.83. The van der Waals surface area contributed by atoms with Crippen LogP contribution in [0.2, 0.25) is 0 Å². The first-order chi connectivity index (χ1) is 9.93. The molecule has 3 N–H and O–H groups in total. The topological polar surface area (TPSA) is 78.4 Å². The summed E-state index contributed by atoms with van der Waals surface area (Å²) in [5, 5.41) is 14.9. The van der Waals surface area contributed by atoms with Gasteiger partial charge in [-0.2, -0.15) is 0 Å². The number of hydrogen-bond donors (Lipinski definition) is 3. The van der Waals surface area contributed by atoms with Crippen molar-refractivity contribution >= 4 is 12.0 Å². The molecule has 0 radical (unpaired) electrons. The standard InChI is InChI=1S/C16H30N2O3/c1-4-16(5-2,14(19)20)11-18-15(21)17-10-13-8-6-7-12(3)9-13/h12-13H,4-11H2,1-3H3,(H,19,20)(H2,17,18,21). The third-order valence-corrected chi connectivity index (χ3v) is 4.99. The second-order valence-electron chi connectivity index (χ2n) is 6.49. The molecule has 5 nitrogen and oxygen atoms in total. The molecule has 0 aromatic carbocycles. The quantitative estimate of drug-likeness (QED) is 0.676. The molecule has 5 heteroatoms. The SMILES string of the molecule is CCC(CC)(CNC(=O)NCC1CCCC(C)C1)C(=O)O. The molecule has 0 aliphatic heterocycles. The Balaban J connectivity index is 2.34. The van der Waals surface area contributed by atoms with E-state index in [0.29, 0.717) is 25.3 Å². The maximum absolute atomic E-state index is 11.9. The molecular formula is C16H30N2O3. The summed E-state index contributed by atoms with van der Waals surface area (Å²) in [7, 11) is 0. The predicted octanol–water partition coefficient (Wildman–Crippen LogP) is 3.00. The molecule has 0 heterocycles. The van der Waals surface area contributed by atoms with E-state index in [4.69, 9.17) is 0 Å². The Morgan fingerprint density at radius 2 is 1.86 bits per heavy atom. The molecule has 1 aliphatic rings. The van der Waals surface area contributed by atoms with Gasteiger partial charge in [0.25, 0.3) is 0 Å². The Hall–Kier alpha value is -1.26. The van der Waals surface area contributed by atoms with Gasteiger partial charge in [0.05, 0.1) is 5.41 Å². The third kappa shape index (κ3) is 5.21. The second-order valence-corrected chi connectivity index (χ2v) is 6.49. The fraction of sp³-hybridized carbons (Fsp3) is 0.875.